The number of unbranched alkanes of at least 4 members (excludes halogenated alkanes) is 1. The Morgan fingerprint density at radius 3 is 2.35 bits per heavy atom. The second kappa shape index (κ2) is 6.22. The van der Waals surface area contributed by atoms with Gasteiger partial charge in [-0.3, -0.25) is 14.9 Å². The van der Waals surface area contributed by atoms with Crippen molar-refractivity contribution < 1.29 is 19.5 Å². The zero-order valence-electron chi connectivity index (χ0n) is 9.86. The topological polar surface area (TPSA) is 95.5 Å². The molecule has 0 aromatic carbocycles. The van der Waals surface area contributed by atoms with E-state index in [0.717, 1.165) is 6.42 Å². The Hall–Kier alpha value is -1.59. The third-order valence-electron chi connectivity index (χ3n) is 2.72. The SMILES string of the molecule is CC1CC1NC(=O)NC(=O)CCCCC(=O)O. The monoisotopic (exact) mass is 242 g/mol. The van der Waals surface area contributed by atoms with E-state index >= 15 is 0 Å². The van der Waals surface area contributed by atoms with Gasteiger partial charge in [-0.1, -0.05) is 6.92 Å². The lowest BCUT2D eigenvalue weighted by atomic mass is 10.2. The molecule has 0 heterocycles. The Morgan fingerprint density at radius 2 is 1.82 bits per heavy atom. The number of carbonyl (C=O) groups excluding carboxylic acids is 2. The van der Waals surface area contributed by atoms with Crippen molar-refractivity contribution >= 4 is 17.9 Å². The lowest BCUT2D eigenvalue weighted by Gasteiger charge is -2.05. The number of carboxylic acid groups (broad SMARTS) is 1. The zero-order chi connectivity index (χ0) is 12.8. The van der Waals surface area contributed by atoms with Gasteiger partial charge in [0.05, 0.1) is 0 Å². The fourth-order valence-corrected chi connectivity index (χ4v) is 1.48. The van der Waals surface area contributed by atoms with Crippen molar-refractivity contribution in [3.8, 4) is 0 Å². The van der Waals surface area contributed by atoms with E-state index in [1.165, 1.54) is 0 Å². The fraction of sp³-hybridized carbons (Fsp3) is 0.727. The van der Waals surface area contributed by atoms with Crippen molar-refractivity contribution in [1.82, 2.24) is 10.6 Å². The highest BCUT2D eigenvalue weighted by Crippen LogP contribution is 2.28. The minimum atomic E-state index is -0.870. The number of imide groups is 1. The second-order valence-electron chi connectivity index (χ2n) is 4.44. The van der Waals surface area contributed by atoms with Gasteiger partial charge in [0.2, 0.25) is 5.91 Å². The molecule has 3 amide bonds. The first kappa shape index (κ1) is 13.5. The van der Waals surface area contributed by atoms with E-state index in [9.17, 15) is 14.4 Å². The molecular formula is C11H18N2O4. The molecule has 96 valence electrons. The van der Waals surface area contributed by atoms with E-state index in [1.807, 2.05) is 6.92 Å². The molecule has 3 N–H and O–H groups in total. The van der Waals surface area contributed by atoms with E-state index in [0.29, 0.717) is 18.8 Å². The van der Waals surface area contributed by atoms with Gasteiger partial charge in [0.25, 0.3) is 0 Å². The average molecular weight is 242 g/mol. The molecule has 1 aliphatic rings. The summed E-state index contributed by atoms with van der Waals surface area (Å²) < 4.78 is 0. The molecule has 1 fully saturated rings. The van der Waals surface area contributed by atoms with Crippen LogP contribution in [0.1, 0.15) is 39.0 Å². The summed E-state index contributed by atoms with van der Waals surface area (Å²) in [5.41, 5.74) is 0. The maximum atomic E-state index is 11.3. The van der Waals surface area contributed by atoms with Gasteiger partial charge in [0.1, 0.15) is 0 Å². The molecule has 1 saturated carbocycles. The number of nitrogens with one attached hydrogen (secondary N) is 2. The summed E-state index contributed by atoms with van der Waals surface area (Å²) in [6.45, 7) is 2.03. The molecule has 0 radical (unpaired) electrons. The van der Waals surface area contributed by atoms with Crippen LogP contribution >= 0.6 is 0 Å². The van der Waals surface area contributed by atoms with Crippen LogP contribution in [0.15, 0.2) is 0 Å². The summed E-state index contributed by atoms with van der Waals surface area (Å²) in [6.07, 6.45) is 2.12. The molecule has 0 aromatic rings. The van der Waals surface area contributed by atoms with Crippen molar-refractivity contribution in [2.24, 2.45) is 5.92 Å². The minimum absolute atomic E-state index is 0.0546. The Balaban J connectivity index is 2.03. The number of amides is 3. The summed E-state index contributed by atoms with van der Waals surface area (Å²) in [4.78, 5) is 32.7. The maximum Gasteiger partial charge on any atom is 0.321 e. The first-order valence-electron chi connectivity index (χ1n) is 5.81. The quantitative estimate of drug-likeness (QED) is 0.602. The molecular weight excluding hydrogens is 224 g/mol. The van der Waals surface area contributed by atoms with E-state index in [-0.39, 0.29) is 24.8 Å². The Labute approximate surface area is 99.8 Å². The summed E-state index contributed by atoms with van der Waals surface area (Å²) >= 11 is 0. The van der Waals surface area contributed by atoms with Gasteiger partial charge in [-0.05, 0) is 25.2 Å². The van der Waals surface area contributed by atoms with Crippen LogP contribution in [0.3, 0.4) is 0 Å². The van der Waals surface area contributed by atoms with E-state index in [2.05, 4.69) is 10.6 Å². The van der Waals surface area contributed by atoms with Gasteiger partial charge in [-0.25, -0.2) is 4.79 Å². The van der Waals surface area contributed by atoms with Crippen molar-refractivity contribution in [3.63, 3.8) is 0 Å². The van der Waals surface area contributed by atoms with Crippen LogP contribution in [-0.4, -0.2) is 29.1 Å². The van der Waals surface area contributed by atoms with Crippen molar-refractivity contribution in [3.05, 3.63) is 0 Å². The average Bonchev–Trinajstić information content (AvgIpc) is 2.88. The Bertz CT molecular complexity index is 317. The highest BCUT2D eigenvalue weighted by Gasteiger charge is 2.33. The lowest BCUT2D eigenvalue weighted by Crippen LogP contribution is -2.40. The number of aliphatic carboxylic acids is 1. The molecule has 1 rings (SSSR count). The number of carbonyl (C=O) groups is 3. The van der Waals surface area contributed by atoms with Crippen molar-refractivity contribution in [1.29, 1.82) is 0 Å². The van der Waals surface area contributed by atoms with Gasteiger partial charge in [-0.2, -0.15) is 0 Å². The molecule has 0 aromatic heterocycles. The summed E-state index contributed by atoms with van der Waals surface area (Å²) in [5, 5.41) is 13.3. The predicted molar refractivity (Wildman–Crippen MR) is 60.3 cm³/mol. The van der Waals surface area contributed by atoms with Gasteiger partial charge in [0.15, 0.2) is 0 Å². The molecule has 6 heteroatoms. The lowest BCUT2D eigenvalue weighted by molar-refractivity contribution is -0.137. The highest BCUT2D eigenvalue weighted by atomic mass is 16.4. The van der Waals surface area contributed by atoms with Crippen LogP contribution < -0.4 is 10.6 Å². The molecule has 0 saturated heterocycles. The highest BCUT2D eigenvalue weighted by molar-refractivity contribution is 5.94. The standard InChI is InChI=1S/C11H18N2O4/c1-7-6-8(7)12-11(17)13-9(14)4-2-3-5-10(15)16/h7-8H,2-6H2,1H3,(H,15,16)(H2,12,13,14,17). The molecule has 1 aliphatic carbocycles. The van der Waals surface area contributed by atoms with Crippen LogP contribution in [0, 0.1) is 5.92 Å². The largest absolute Gasteiger partial charge is 0.481 e. The van der Waals surface area contributed by atoms with Crippen LogP contribution in [0.5, 0.6) is 0 Å². The van der Waals surface area contributed by atoms with Crippen LogP contribution in [0.4, 0.5) is 4.79 Å². The Morgan fingerprint density at radius 1 is 1.24 bits per heavy atom. The number of rotatable bonds is 6. The van der Waals surface area contributed by atoms with Crippen LogP contribution in [0.25, 0.3) is 0 Å². The first-order chi connectivity index (χ1) is 7.99. The van der Waals surface area contributed by atoms with Gasteiger partial charge in [-0.15, -0.1) is 0 Å². The van der Waals surface area contributed by atoms with Crippen LogP contribution in [-0.2, 0) is 9.59 Å². The van der Waals surface area contributed by atoms with E-state index in [1.54, 1.807) is 0 Å². The molecule has 0 aliphatic heterocycles. The third-order valence-corrected chi connectivity index (χ3v) is 2.72. The third kappa shape index (κ3) is 5.89. The van der Waals surface area contributed by atoms with E-state index in [4.69, 9.17) is 5.11 Å². The maximum absolute atomic E-state index is 11.3. The summed E-state index contributed by atoms with van der Waals surface area (Å²) in [6, 6.07) is -0.266. The predicted octanol–water partition coefficient (Wildman–Crippen LogP) is 0.866. The van der Waals surface area contributed by atoms with Crippen molar-refractivity contribution in [2.75, 3.05) is 0 Å². The van der Waals surface area contributed by atoms with E-state index < -0.39 is 12.0 Å². The van der Waals surface area contributed by atoms with Gasteiger partial charge >= 0.3 is 12.0 Å². The molecule has 0 spiro atoms. The number of carboxylic acids is 1. The zero-order valence-corrected chi connectivity index (χ0v) is 9.86. The molecule has 0 bridgehead atoms. The van der Waals surface area contributed by atoms with Gasteiger partial charge in [0, 0.05) is 18.9 Å². The summed E-state index contributed by atoms with van der Waals surface area (Å²) in [7, 11) is 0. The fourth-order valence-electron chi connectivity index (χ4n) is 1.48. The normalized spacial score (nSPS) is 21.7. The van der Waals surface area contributed by atoms with Crippen LogP contribution in [0.2, 0.25) is 0 Å². The summed E-state index contributed by atoms with van der Waals surface area (Å²) in [5.74, 6) is -0.738. The molecule has 6 nitrogen and oxygen atoms in total. The molecule has 17 heavy (non-hydrogen) atoms. The smallest absolute Gasteiger partial charge is 0.321 e. The van der Waals surface area contributed by atoms with Crippen molar-refractivity contribution in [2.45, 2.75) is 45.1 Å². The Kier molecular flexibility index (Phi) is 4.93. The number of hydrogen-bond acceptors (Lipinski definition) is 3. The first-order valence-corrected chi connectivity index (χ1v) is 5.81. The second-order valence-corrected chi connectivity index (χ2v) is 4.44. The number of urea groups is 1. The molecule has 2 atom stereocenters. The molecule has 2 unspecified atom stereocenters. The van der Waals surface area contributed by atoms with Gasteiger partial charge < -0.3 is 10.4 Å². The number of hydrogen-bond donors (Lipinski definition) is 3. The minimum Gasteiger partial charge on any atom is -0.481 e.